The van der Waals surface area contributed by atoms with Crippen LogP contribution in [0.4, 0.5) is 0 Å². The fraction of sp³-hybridized carbons (Fsp3) is 1.00. The van der Waals surface area contributed by atoms with Crippen LogP contribution in [-0.2, 0) is 9.09 Å². The number of phosphoric acid groups is 1. The Morgan fingerprint density at radius 2 is 1.59 bits per heavy atom. The molecule has 0 amide bonds. The quantitative estimate of drug-likeness (QED) is 0.589. The largest absolute Gasteiger partial charge is 0.469 e. The van der Waals surface area contributed by atoms with E-state index in [1.165, 1.54) is 12.8 Å². The Bertz CT molecular complexity index is 219. The van der Waals surface area contributed by atoms with E-state index in [0.29, 0.717) is 5.92 Å². The predicted octanol–water partition coefficient (Wildman–Crippen LogP) is 3.87. The van der Waals surface area contributed by atoms with Crippen LogP contribution < -0.4 is 0 Å². The normalized spacial score (nSPS) is 14.2. The van der Waals surface area contributed by atoms with Crippen LogP contribution in [0.2, 0.25) is 0 Å². The van der Waals surface area contributed by atoms with Crippen molar-refractivity contribution >= 4 is 7.82 Å². The SMILES string of the molecule is CCCCC(CCCC)CC(C)OP(=O)(O)O. The molecule has 1 atom stereocenters. The van der Waals surface area contributed by atoms with Crippen LogP contribution in [0.25, 0.3) is 0 Å². The Balaban J connectivity index is 4.06. The van der Waals surface area contributed by atoms with Crippen LogP contribution in [0.1, 0.15) is 65.7 Å². The lowest BCUT2D eigenvalue weighted by Gasteiger charge is -2.21. The minimum atomic E-state index is -4.33. The smallest absolute Gasteiger partial charge is 0.303 e. The second-order valence-electron chi connectivity index (χ2n) is 4.79. The molecule has 0 heterocycles. The summed E-state index contributed by atoms with van der Waals surface area (Å²) in [7, 11) is -4.33. The molecule has 0 bridgehead atoms. The van der Waals surface area contributed by atoms with Gasteiger partial charge in [0.25, 0.3) is 0 Å². The molecule has 0 rings (SSSR count). The predicted molar refractivity (Wildman–Crippen MR) is 69.7 cm³/mol. The van der Waals surface area contributed by atoms with Crippen LogP contribution in [0.15, 0.2) is 0 Å². The van der Waals surface area contributed by atoms with Crippen molar-refractivity contribution < 1.29 is 18.9 Å². The lowest BCUT2D eigenvalue weighted by molar-refractivity contribution is 0.121. The summed E-state index contributed by atoms with van der Waals surface area (Å²) in [5.41, 5.74) is 0. The summed E-state index contributed by atoms with van der Waals surface area (Å²) in [6, 6.07) is 0. The van der Waals surface area contributed by atoms with Crippen LogP contribution in [-0.4, -0.2) is 15.9 Å². The maximum Gasteiger partial charge on any atom is 0.469 e. The molecule has 0 aromatic carbocycles. The molecule has 0 spiro atoms. The molecule has 5 heteroatoms. The molecule has 0 radical (unpaired) electrons. The van der Waals surface area contributed by atoms with E-state index in [4.69, 9.17) is 14.3 Å². The molecular formula is C12H27O4P. The van der Waals surface area contributed by atoms with Gasteiger partial charge in [-0.3, -0.25) is 4.52 Å². The Labute approximate surface area is 105 Å². The van der Waals surface area contributed by atoms with Crippen molar-refractivity contribution in [2.24, 2.45) is 5.92 Å². The molecular weight excluding hydrogens is 239 g/mol. The summed E-state index contributed by atoms with van der Waals surface area (Å²) in [6.07, 6.45) is 7.32. The first kappa shape index (κ1) is 17.1. The molecule has 0 aliphatic carbocycles. The average Bonchev–Trinajstić information content (AvgIpc) is 2.19. The first-order valence-corrected chi connectivity index (χ1v) is 8.16. The number of hydrogen-bond donors (Lipinski definition) is 2. The molecule has 104 valence electrons. The fourth-order valence-corrected chi connectivity index (χ4v) is 2.67. The van der Waals surface area contributed by atoms with Gasteiger partial charge in [-0.2, -0.15) is 0 Å². The van der Waals surface area contributed by atoms with Crippen molar-refractivity contribution in [3.63, 3.8) is 0 Å². The molecule has 0 aliphatic heterocycles. The lowest BCUT2D eigenvalue weighted by Crippen LogP contribution is -2.13. The van der Waals surface area contributed by atoms with Crippen LogP contribution in [0, 0.1) is 5.92 Å². The molecule has 0 aromatic rings. The highest BCUT2D eigenvalue weighted by Gasteiger charge is 2.21. The second kappa shape index (κ2) is 9.09. The van der Waals surface area contributed by atoms with Crippen molar-refractivity contribution in [3.05, 3.63) is 0 Å². The zero-order valence-corrected chi connectivity index (χ0v) is 12.2. The van der Waals surface area contributed by atoms with Crippen LogP contribution >= 0.6 is 7.82 Å². The van der Waals surface area contributed by atoms with Gasteiger partial charge in [0, 0.05) is 0 Å². The van der Waals surface area contributed by atoms with Crippen molar-refractivity contribution in [1.82, 2.24) is 0 Å². The van der Waals surface area contributed by atoms with Gasteiger partial charge in [0.1, 0.15) is 0 Å². The van der Waals surface area contributed by atoms with E-state index in [9.17, 15) is 4.57 Å². The van der Waals surface area contributed by atoms with E-state index in [-0.39, 0.29) is 6.10 Å². The standard InChI is InChI=1S/C12H27O4P/c1-4-6-8-12(9-7-5-2)10-11(3)16-17(13,14)15/h11-12H,4-10H2,1-3H3,(H2,13,14,15). The highest BCUT2D eigenvalue weighted by molar-refractivity contribution is 7.46. The van der Waals surface area contributed by atoms with Gasteiger partial charge in [-0.05, 0) is 19.3 Å². The minimum absolute atomic E-state index is 0.366. The van der Waals surface area contributed by atoms with E-state index in [1.54, 1.807) is 6.92 Å². The van der Waals surface area contributed by atoms with Gasteiger partial charge in [-0.1, -0.05) is 52.4 Å². The summed E-state index contributed by atoms with van der Waals surface area (Å²) in [6.45, 7) is 6.06. The minimum Gasteiger partial charge on any atom is -0.303 e. The van der Waals surface area contributed by atoms with Gasteiger partial charge in [0.05, 0.1) is 6.10 Å². The van der Waals surface area contributed by atoms with E-state index in [2.05, 4.69) is 13.8 Å². The lowest BCUT2D eigenvalue weighted by atomic mass is 9.91. The molecule has 4 nitrogen and oxygen atoms in total. The Hall–Kier alpha value is 0.110. The second-order valence-corrected chi connectivity index (χ2v) is 5.98. The third-order valence-corrected chi connectivity index (χ3v) is 3.55. The average molecular weight is 266 g/mol. The number of rotatable bonds is 10. The third kappa shape index (κ3) is 11.0. The number of unbranched alkanes of at least 4 members (excludes halogenated alkanes) is 2. The highest BCUT2D eigenvalue weighted by Crippen LogP contribution is 2.39. The summed E-state index contributed by atoms with van der Waals surface area (Å²) in [5, 5.41) is 0. The van der Waals surface area contributed by atoms with Gasteiger partial charge in [0.2, 0.25) is 0 Å². The number of phosphoric ester groups is 1. The maximum atomic E-state index is 10.7. The molecule has 0 saturated carbocycles. The summed E-state index contributed by atoms with van der Waals surface area (Å²) in [5.74, 6) is 0.524. The first-order valence-electron chi connectivity index (χ1n) is 6.63. The Morgan fingerprint density at radius 1 is 1.12 bits per heavy atom. The molecule has 17 heavy (non-hydrogen) atoms. The topological polar surface area (TPSA) is 66.8 Å². The van der Waals surface area contributed by atoms with Gasteiger partial charge < -0.3 is 9.79 Å². The zero-order valence-electron chi connectivity index (χ0n) is 11.3. The van der Waals surface area contributed by atoms with Crippen LogP contribution in [0.3, 0.4) is 0 Å². The summed E-state index contributed by atoms with van der Waals surface area (Å²) < 4.78 is 15.4. The molecule has 2 N–H and O–H groups in total. The summed E-state index contributed by atoms with van der Waals surface area (Å²) >= 11 is 0. The van der Waals surface area contributed by atoms with E-state index >= 15 is 0 Å². The Morgan fingerprint density at radius 3 is 1.94 bits per heavy atom. The van der Waals surface area contributed by atoms with Crippen molar-refractivity contribution in [3.8, 4) is 0 Å². The summed E-state index contributed by atoms with van der Waals surface area (Å²) in [4.78, 5) is 17.5. The monoisotopic (exact) mass is 266 g/mol. The van der Waals surface area contributed by atoms with Gasteiger partial charge in [-0.15, -0.1) is 0 Å². The van der Waals surface area contributed by atoms with E-state index in [0.717, 1.165) is 32.1 Å². The van der Waals surface area contributed by atoms with Gasteiger partial charge >= 0.3 is 7.82 Å². The highest BCUT2D eigenvalue weighted by atomic mass is 31.2. The van der Waals surface area contributed by atoms with E-state index < -0.39 is 7.82 Å². The molecule has 0 fully saturated rings. The Kier molecular flexibility index (Phi) is 9.15. The molecule has 0 aromatic heterocycles. The molecule has 1 unspecified atom stereocenters. The van der Waals surface area contributed by atoms with Crippen molar-refractivity contribution in [2.75, 3.05) is 0 Å². The molecule has 0 aliphatic rings. The van der Waals surface area contributed by atoms with Crippen molar-refractivity contribution in [2.45, 2.75) is 71.8 Å². The van der Waals surface area contributed by atoms with E-state index in [1.807, 2.05) is 0 Å². The fourth-order valence-electron chi connectivity index (χ4n) is 2.11. The van der Waals surface area contributed by atoms with Crippen molar-refractivity contribution in [1.29, 1.82) is 0 Å². The number of hydrogen-bond acceptors (Lipinski definition) is 2. The zero-order chi connectivity index (χ0) is 13.3. The molecule has 0 saturated heterocycles. The van der Waals surface area contributed by atoms with Gasteiger partial charge in [-0.25, -0.2) is 4.57 Å². The maximum absolute atomic E-state index is 10.7. The third-order valence-electron chi connectivity index (χ3n) is 2.91. The van der Waals surface area contributed by atoms with Crippen LogP contribution in [0.5, 0.6) is 0 Å². The first-order chi connectivity index (χ1) is 7.89. The van der Waals surface area contributed by atoms with Gasteiger partial charge in [0.15, 0.2) is 0 Å².